The predicted molar refractivity (Wildman–Crippen MR) is 121 cm³/mol. The highest BCUT2D eigenvalue weighted by Gasteiger charge is 2.15. The Morgan fingerprint density at radius 3 is 2.30 bits per heavy atom. The van der Waals surface area contributed by atoms with Crippen molar-refractivity contribution in [3.8, 4) is 17.2 Å². The molecule has 0 spiro atoms. The van der Waals surface area contributed by atoms with Gasteiger partial charge >= 0.3 is 0 Å². The molecular weight excluding hydrogens is 420 g/mol. The van der Waals surface area contributed by atoms with E-state index in [0.717, 1.165) is 31.7 Å². The first-order valence-electron chi connectivity index (χ1n) is 9.23. The van der Waals surface area contributed by atoms with Crippen molar-refractivity contribution in [3.05, 3.63) is 52.5 Å². The zero-order valence-electron chi connectivity index (χ0n) is 17.6. The van der Waals surface area contributed by atoms with E-state index < -0.39 is 0 Å². The minimum Gasteiger partial charge on any atom is -0.493 e. The number of hydrogen-bond donors (Lipinski definition) is 1. The Hall–Kier alpha value is -2.71. The number of aromatic nitrogens is 1. The van der Waals surface area contributed by atoms with Crippen molar-refractivity contribution in [3.63, 3.8) is 0 Å². The van der Waals surface area contributed by atoms with Crippen molar-refractivity contribution >= 4 is 34.7 Å². The van der Waals surface area contributed by atoms with Crippen LogP contribution in [0.4, 0.5) is 5.69 Å². The van der Waals surface area contributed by atoms with E-state index in [4.69, 9.17) is 14.2 Å². The van der Waals surface area contributed by atoms with Crippen LogP contribution in [-0.4, -0.2) is 32.2 Å². The Kier molecular flexibility index (Phi) is 7.23. The van der Waals surface area contributed by atoms with Crippen LogP contribution in [0.1, 0.15) is 16.8 Å². The second-order valence-electron chi connectivity index (χ2n) is 6.59. The van der Waals surface area contributed by atoms with Gasteiger partial charge in [-0.2, -0.15) is 0 Å². The summed E-state index contributed by atoms with van der Waals surface area (Å²) in [6.45, 7) is 3.96. The summed E-state index contributed by atoms with van der Waals surface area (Å²) in [5.74, 6) is 1.43. The zero-order chi connectivity index (χ0) is 21.7. The van der Waals surface area contributed by atoms with Gasteiger partial charge in [0.2, 0.25) is 11.7 Å². The van der Waals surface area contributed by atoms with Gasteiger partial charge in [0.15, 0.2) is 15.8 Å². The summed E-state index contributed by atoms with van der Waals surface area (Å²) < 4.78 is 17.1. The topological polar surface area (TPSA) is 69.7 Å². The number of nitrogens with one attached hydrogen (secondary N) is 1. The number of rotatable bonds is 8. The SMILES string of the molecule is COc1cc(CC(=O)Nc2ccc(Sc3nc(C)cs3)cc2C)cc(OC)c1OC. The molecule has 1 amide bonds. The Bertz CT molecular complexity index is 1020. The summed E-state index contributed by atoms with van der Waals surface area (Å²) in [5, 5.41) is 5.02. The molecule has 1 heterocycles. The zero-order valence-corrected chi connectivity index (χ0v) is 19.2. The highest BCUT2D eigenvalue weighted by atomic mass is 32.2. The maximum Gasteiger partial charge on any atom is 0.228 e. The van der Waals surface area contributed by atoms with Crippen molar-refractivity contribution in [2.45, 2.75) is 29.5 Å². The molecule has 0 aliphatic carbocycles. The molecule has 0 unspecified atom stereocenters. The van der Waals surface area contributed by atoms with Gasteiger partial charge in [-0.05, 0) is 55.3 Å². The van der Waals surface area contributed by atoms with Crippen LogP contribution in [0.25, 0.3) is 0 Å². The molecule has 0 fully saturated rings. The van der Waals surface area contributed by atoms with E-state index in [1.165, 1.54) is 0 Å². The normalized spacial score (nSPS) is 10.6. The third-order valence-corrected chi connectivity index (χ3v) is 6.41. The average Bonchev–Trinajstić information content (AvgIpc) is 3.13. The van der Waals surface area contributed by atoms with Gasteiger partial charge in [-0.15, -0.1) is 11.3 Å². The van der Waals surface area contributed by atoms with Crippen LogP contribution in [0.2, 0.25) is 0 Å². The van der Waals surface area contributed by atoms with Crippen LogP contribution in [0.5, 0.6) is 17.2 Å². The smallest absolute Gasteiger partial charge is 0.228 e. The molecule has 0 atom stereocenters. The number of nitrogens with zero attached hydrogens (tertiary/aromatic N) is 1. The van der Waals surface area contributed by atoms with Crippen molar-refractivity contribution in [1.29, 1.82) is 0 Å². The molecule has 1 aromatic heterocycles. The van der Waals surface area contributed by atoms with E-state index in [1.54, 1.807) is 56.6 Å². The van der Waals surface area contributed by atoms with Crippen molar-refractivity contribution in [2.24, 2.45) is 0 Å². The fraction of sp³-hybridized carbons (Fsp3) is 0.273. The molecule has 0 aliphatic heterocycles. The molecule has 1 N–H and O–H groups in total. The average molecular weight is 445 g/mol. The predicted octanol–water partition coefficient (Wildman–Crippen LogP) is 5.12. The highest BCUT2D eigenvalue weighted by Crippen LogP contribution is 2.38. The molecule has 2 aromatic carbocycles. The third-order valence-electron chi connectivity index (χ3n) is 4.36. The molecular formula is C22H24N2O4S2. The lowest BCUT2D eigenvalue weighted by atomic mass is 10.1. The van der Waals surface area contributed by atoms with E-state index in [9.17, 15) is 4.79 Å². The van der Waals surface area contributed by atoms with E-state index in [0.29, 0.717) is 17.2 Å². The van der Waals surface area contributed by atoms with E-state index in [1.807, 2.05) is 31.4 Å². The van der Waals surface area contributed by atoms with Gasteiger partial charge in [-0.25, -0.2) is 4.98 Å². The number of ether oxygens (including phenoxy) is 3. The number of carbonyl (C=O) groups excluding carboxylic acids is 1. The molecule has 158 valence electrons. The summed E-state index contributed by atoms with van der Waals surface area (Å²) in [6.07, 6.45) is 0.186. The van der Waals surface area contributed by atoms with Crippen LogP contribution in [0.15, 0.2) is 44.9 Å². The summed E-state index contributed by atoms with van der Waals surface area (Å²) in [6, 6.07) is 9.53. The summed E-state index contributed by atoms with van der Waals surface area (Å²) in [5.41, 5.74) is 3.57. The lowest BCUT2D eigenvalue weighted by Crippen LogP contribution is -2.15. The molecule has 0 saturated carbocycles. The first-order valence-corrected chi connectivity index (χ1v) is 10.9. The Morgan fingerprint density at radius 1 is 1.07 bits per heavy atom. The van der Waals surface area contributed by atoms with Gasteiger partial charge in [0, 0.05) is 21.7 Å². The minimum atomic E-state index is -0.122. The standard InChI is InChI=1S/C22H24N2O4S2/c1-13-8-16(30-22-23-14(2)12-29-22)6-7-17(13)24-20(25)11-15-9-18(26-3)21(28-5)19(10-15)27-4/h6-10,12H,11H2,1-5H3,(H,24,25). The number of benzene rings is 2. The lowest BCUT2D eigenvalue weighted by Gasteiger charge is -2.14. The number of hydrogen-bond acceptors (Lipinski definition) is 7. The summed E-state index contributed by atoms with van der Waals surface area (Å²) in [4.78, 5) is 18.2. The van der Waals surface area contributed by atoms with Gasteiger partial charge in [0.05, 0.1) is 27.8 Å². The molecule has 30 heavy (non-hydrogen) atoms. The van der Waals surface area contributed by atoms with Gasteiger partial charge in [-0.1, -0.05) is 11.8 Å². The lowest BCUT2D eigenvalue weighted by molar-refractivity contribution is -0.115. The molecule has 0 aliphatic rings. The van der Waals surface area contributed by atoms with Crippen LogP contribution in [-0.2, 0) is 11.2 Å². The minimum absolute atomic E-state index is 0.122. The number of anilines is 1. The molecule has 0 radical (unpaired) electrons. The Labute approximate surface area is 184 Å². The van der Waals surface area contributed by atoms with E-state index in [-0.39, 0.29) is 12.3 Å². The third kappa shape index (κ3) is 5.25. The molecule has 0 bridgehead atoms. The first kappa shape index (κ1) is 22.0. The summed E-state index contributed by atoms with van der Waals surface area (Å²) >= 11 is 3.25. The van der Waals surface area contributed by atoms with Crippen molar-refractivity contribution in [2.75, 3.05) is 26.6 Å². The second kappa shape index (κ2) is 9.86. The van der Waals surface area contributed by atoms with Gasteiger partial charge in [-0.3, -0.25) is 4.79 Å². The van der Waals surface area contributed by atoms with Crippen LogP contribution >= 0.6 is 23.1 Å². The number of carbonyl (C=O) groups is 1. The number of amides is 1. The van der Waals surface area contributed by atoms with Crippen molar-refractivity contribution < 1.29 is 19.0 Å². The van der Waals surface area contributed by atoms with Gasteiger partial charge in [0.25, 0.3) is 0 Å². The van der Waals surface area contributed by atoms with Crippen LogP contribution in [0.3, 0.4) is 0 Å². The highest BCUT2D eigenvalue weighted by molar-refractivity contribution is 8.01. The van der Waals surface area contributed by atoms with E-state index >= 15 is 0 Å². The number of thiazole rings is 1. The number of methoxy groups -OCH3 is 3. The Morgan fingerprint density at radius 2 is 1.77 bits per heavy atom. The quantitative estimate of drug-likeness (QED) is 0.520. The van der Waals surface area contributed by atoms with Gasteiger partial charge in [0.1, 0.15) is 0 Å². The molecule has 3 aromatic rings. The molecule has 8 heteroatoms. The number of aryl methyl sites for hydroxylation is 2. The fourth-order valence-corrected chi connectivity index (χ4v) is 4.85. The van der Waals surface area contributed by atoms with Crippen LogP contribution < -0.4 is 19.5 Å². The monoisotopic (exact) mass is 444 g/mol. The van der Waals surface area contributed by atoms with Gasteiger partial charge < -0.3 is 19.5 Å². The largest absolute Gasteiger partial charge is 0.493 e. The van der Waals surface area contributed by atoms with E-state index in [2.05, 4.69) is 16.4 Å². The second-order valence-corrected chi connectivity index (χ2v) is 8.77. The molecule has 3 rings (SSSR count). The maximum absolute atomic E-state index is 12.6. The van der Waals surface area contributed by atoms with Crippen LogP contribution in [0, 0.1) is 13.8 Å². The molecule has 0 saturated heterocycles. The Balaban J connectivity index is 1.70. The summed E-state index contributed by atoms with van der Waals surface area (Å²) in [7, 11) is 4.65. The fourth-order valence-electron chi connectivity index (χ4n) is 2.94. The van der Waals surface area contributed by atoms with Crippen molar-refractivity contribution in [1.82, 2.24) is 4.98 Å². The first-order chi connectivity index (χ1) is 14.4. The maximum atomic E-state index is 12.6. The molecule has 6 nitrogen and oxygen atoms in total.